The van der Waals surface area contributed by atoms with E-state index in [0.717, 1.165) is 113 Å². The van der Waals surface area contributed by atoms with E-state index in [1.807, 2.05) is 49.6 Å². The molecule has 3 aromatic carbocycles. The van der Waals surface area contributed by atoms with Gasteiger partial charge in [-0.2, -0.15) is 0 Å². The summed E-state index contributed by atoms with van der Waals surface area (Å²) in [6, 6.07) is 15.1. The van der Waals surface area contributed by atoms with Crippen molar-refractivity contribution in [1.29, 1.82) is 0 Å². The molecule has 2 saturated heterocycles. The van der Waals surface area contributed by atoms with Gasteiger partial charge in [0, 0.05) is 24.1 Å². The number of H-pyrrole nitrogens is 2. The van der Waals surface area contributed by atoms with Crippen LogP contribution >= 0.6 is 0 Å². The van der Waals surface area contributed by atoms with Crippen molar-refractivity contribution in [1.82, 2.24) is 40.4 Å². The zero-order valence-electron chi connectivity index (χ0n) is 39.4. The third-order valence-electron chi connectivity index (χ3n) is 15.0. The van der Waals surface area contributed by atoms with Gasteiger partial charge in [-0.3, -0.25) is 14.4 Å². The van der Waals surface area contributed by atoms with Crippen LogP contribution in [0.1, 0.15) is 126 Å². The summed E-state index contributed by atoms with van der Waals surface area (Å²) < 4.78 is 10.1. The normalized spacial score (nSPS) is 22.7. The predicted octanol–water partition coefficient (Wildman–Crippen LogP) is 9.15. The largest absolute Gasteiger partial charge is 0.483 e. The fourth-order valence-electron chi connectivity index (χ4n) is 11.1. The number of hydrogen-bond donors (Lipinski definition) is 4. The van der Waals surface area contributed by atoms with Crippen LogP contribution in [-0.2, 0) is 25.5 Å². The zero-order valence-corrected chi connectivity index (χ0v) is 39.4. The average Bonchev–Trinajstić information content (AvgIpc) is 4.17. The number of amides is 3. The van der Waals surface area contributed by atoms with Crippen LogP contribution < -0.4 is 10.6 Å². The smallest absolute Gasteiger partial charge is 0.407 e. The molecule has 3 amide bonds. The third-order valence-corrected chi connectivity index (χ3v) is 15.0. The summed E-state index contributed by atoms with van der Waals surface area (Å²) >= 11 is 0. The molecule has 348 valence electrons. The number of alkyl carbamates (subject to hydrolysis) is 1. The molecule has 2 aliphatic heterocycles. The molecule has 4 aliphatic rings. The summed E-state index contributed by atoms with van der Waals surface area (Å²) in [5, 5.41) is 5.90. The van der Waals surface area contributed by atoms with Crippen LogP contribution in [0.3, 0.4) is 0 Å². The van der Waals surface area contributed by atoms with E-state index >= 15 is 4.79 Å². The van der Waals surface area contributed by atoms with E-state index in [1.54, 1.807) is 7.11 Å². The number of aromatic amines is 2. The Morgan fingerprint density at radius 2 is 1.26 bits per heavy atom. The number of methoxy groups -OCH3 is 2. The number of nitrogens with zero attached hydrogens (tertiary/aromatic N) is 4. The van der Waals surface area contributed by atoms with Crippen LogP contribution in [0, 0.1) is 23.2 Å². The van der Waals surface area contributed by atoms with Crippen molar-refractivity contribution >= 4 is 45.8 Å². The van der Waals surface area contributed by atoms with E-state index in [4.69, 9.17) is 19.4 Å². The lowest BCUT2D eigenvalue weighted by atomic mass is 9.68. The summed E-state index contributed by atoms with van der Waals surface area (Å²) in [7, 11) is 2.84. The number of benzene rings is 3. The number of imidazole rings is 2. The van der Waals surface area contributed by atoms with Crippen LogP contribution in [-0.4, -0.2) is 92.8 Å². The maximum atomic E-state index is 15.0. The Kier molecular flexibility index (Phi) is 12.2. The number of ether oxygens (including phenoxy) is 2. The first-order valence-corrected chi connectivity index (χ1v) is 23.9. The Morgan fingerprint density at radius 1 is 0.742 bits per heavy atom. The minimum atomic E-state index is -0.717. The molecule has 3 fully saturated rings. The fourth-order valence-corrected chi connectivity index (χ4v) is 11.1. The molecule has 0 bridgehead atoms. The van der Waals surface area contributed by atoms with Crippen molar-refractivity contribution in [2.45, 2.75) is 117 Å². The Balaban J connectivity index is 1.04. The molecule has 1 spiro atoms. The highest BCUT2D eigenvalue weighted by Crippen LogP contribution is 2.53. The van der Waals surface area contributed by atoms with E-state index in [1.165, 1.54) is 7.11 Å². The van der Waals surface area contributed by atoms with Crippen molar-refractivity contribution in [3.05, 3.63) is 83.8 Å². The zero-order chi connectivity index (χ0) is 46.6. The highest BCUT2D eigenvalue weighted by Gasteiger charge is 2.49. The highest BCUT2D eigenvalue weighted by atomic mass is 16.5. The number of hydrogen-bond acceptors (Lipinski definition) is 9. The van der Waals surface area contributed by atoms with Gasteiger partial charge < -0.3 is 39.9 Å². The third kappa shape index (κ3) is 8.10. The van der Waals surface area contributed by atoms with Gasteiger partial charge in [-0.05, 0) is 134 Å². The summed E-state index contributed by atoms with van der Waals surface area (Å²) in [5.41, 5.74) is 8.72. The lowest BCUT2D eigenvalue weighted by Crippen LogP contribution is -2.51. The Hall–Kier alpha value is -6.18. The average molecular weight is 897 g/mol. The standard InChI is InChI=1S/C52H64N8O6/c1-28(2)44(53-31(6)65-7)49(62)59-23-9-11-41(59)47-55-38-18-14-33(26-40(38)57-47)35-16-15-34(36-27-52(46(61)43(35)36)21-19-30(5)20-22-52)32-13-17-37-39(25-32)56-48(54-37)42-12-10-24-60(42)50(63)45(29(3)4)58-51(64)66-8/h13-18,25-26,28-30,41-42,44-45,53H,6,9-12,19-24,27H2,1-5,7-8H3,(H,54,56)(H,55,57)(H,58,64)/t30?,41-,42-,44-,45-,52?/m0/s1. The summed E-state index contributed by atoms with van der Waals surface area (Å²) in [4.78, 5) is 76.0. The maximum absolute atomic E-state index is 15.0. The number of nitrogens with one attached hydrogen (secondary N) is 4. The molecule has 2 aliphatic carbocycles. The molecule has 14 nitrogen and oxygen atoms in total. The second kappa shape index (κ2) is 17.9. The molecule has 1 saturated carbocycles. The number of ketones is 1. The molecule has 14 heteroatoms. The SMILES string of the molecule is C=C(N[C@H](C(=O)N1CCC[C@H]1c1nc2ccc(-c3ccc(-c4ccc5nc([C@@H]6CCCN6C(=O)[C@@H](NC(=O)OC)C(C)C)[nH]c5c4)c4c3C(=O)C3(CCC(C)CC3)C4)cc2[nH]1)C(C)C)OC. The van der Waals surface area contributed by atoms with Crippen LogP contribution in [0.15, 0.2) is 61.0 Å². The second-order valence-electron chi connectivity index (χ2n) is 19.9. The van der Waals surface area contributed by atoms with E-state index in [2.05, 4.69) is 70.5 Å². The molecule has 4 heterocycles. The molecule has 9 rings (SSSR count). The van der Waals surface area contributed by atoms with Gasteiger partial charge in [-0.15, -0.1) is 0 Å². The van der Waals surface area contributed by atoms with E-state index in [-0.39, 0.29) is 41.5 Å². The number of fused-ring (bicyclic) bond motifs is 3. The number of Topliss-reactive ketones (excluding diaryl/α,β-unsaturated/α-hetero) is 1. The number of carbonyl (C=O) groups excluding carboxylic acids is 4. The molecule has 0 unspecified atom stereocenters. The molecule has 5 aromatic rings. The van der Waals surface area contributed by atoms with E-state index in [0.29, 0.717) is 37.1 Å². The van der Waals surface area contributed by atoms with E-state index in [9.17, 15) is 14.4 Å². The lowest BCUT2D eigenvalue weighted by molar-refractivity contribution is -0.136. The topological polar surface area (TPSA) is 175 Å². The van der Waals surface area contributed by atoms with Gasteiger partial charge in [0.05, 0.1) is 48.4 Å². The van der Waals surface area contributed by atoms with Crippen LogP contribution in [0.5, 0.6) is 0 Å². The quantitative estimate of drug-likeness (QED) is 0.0891. The first-order chi connectivity index (χ1) is 31.7. The Labute approximate surface area is 386 Å². The number of rotatable bonds is 12. The van der Waals surface area contributed by atoms with Gasteiger partial charge >= 0.3 is 6.09 Å². The monoisotopic (exact) mass is 896 g/mol. The minimum absolute atomic E-state index is 0.00209. The van der Waals surface area contributed by atoms with Crippen molar-refractivity contribution in [3.8, 4) is 22.3 Å². The highest BCUT2D eigenvalue weighted by molar-refractivity contribution is 6.12. The first-order valence-electron chi connectivity index (χ1n) is 23.9. The van der Waals surface area contributed by atoms with Crippen molar-refractivity contribution in [2.75, 3.05) is 27.3 Å². The Morgan fingerprint density at radius 3 is 1.77 bits per heavy atom. The van der Waals surface area contributed by atoms with Gasteiger partial charge in [0.15, 0.2) is 11.7 Å². The minimum Gasteiger partial charge on any atom is -0.483 e. The summed E-state index contributed by atoms with van der Waals surface area (Å²) in [5.74, 6) is 2.41. The van der Waals surface area contributed by atoms with Crippen LogP contribution in [0.4, 0.5) is 4.79 Å². The van der Waals surface area contributed by atoms with Gasteiger partial charge in [0.2, 0.25) is 11.8 Å². The van der Waals surface area contributed by atoms with Gasteiger partial charge in [0.1, 0.15) is 23.7 Å². The first kappa shape index (κ1) is 45.0. The lowest BCUT2D eigenvalue weighted by Gasteiger charge is -2.34. The molecule has 2 aromatic heterocycles. The van der Waals surface area contributed by atoms with Crippen molar-refractivity contribution in [2.24, 2.45) is 23.2 Å². The molecular weight excluding hydrogens is 833 g/mol. The number of aromatic nitrogens is 4. The second-order valence-corrected chi connectivity index (χ2v) is 19.9. The molecule has 0 radical (unpaired) electrons. The van der Waals surface area contributed by atoms with Crippen molar-refractivity contribution < 1.29 is 28.7 Å². The van der Waals surface area contributed by atoms with Gasteiger partial charge in [-0.25, -0.2) is 14.8 Å². The fraction of sp³-hybridized carbons (Fsp3) is 0.500. The van der Waals surface area contributed by atoms with E-state index < -0.39 is 23.6 Å². The van der Waals surface area contributed by atoms with Crippen LogP contribution in [0.25, 0.3) is 44.3 Å². The predicted molar refractivity (Wildman–Crippen MR) is 254 cm³/mol. The summed E-state index contributed by atoms with van der Waals surface area (Å²) in [6.45, 7) is 15.2. The van der Waals surface area contributed by atoms with Gasteiger partial charge in [-0.1, -0.05) is 58.9 Å². The van der Waals surface area contributed by atoms with Crippen molar-refractivity contribution in [3.63, 3.8) is 0 Å². The van der Waals surface area contributed by atoms with Crippen LogP contribution in [0.2, 0.25) is 0 Å². The number of carbonyl (C=O) groups is 4. The Bertz CT molecular complexity index is 2710. The maximum Gasteiger partial charge on any atom is 0.407 e. The molecule has 66 heavy (non-hydrogen) atoms. The molecule has 4 N–H and O–H groups in total. The molecular formula is C52H64N8O6. The molecule has 4 atom stereocenters. The van der Waals surface area contributed by atoms with Gasteiger partial charge in [0.25, 0.3) is 0 Å². The summed E-state index contributed by atoms with van der Waals surface area (Å²) in [6.07, 6.45) is 7.14. The number of likely N-dealkylation sites (tertiary alicyclic amines) is 2.